The first kappa shape index (κ1) is 18.3. The summed E-state index contributed by atoms with van der Waals surface area (Å²) in [5.74, 6) is 1.75. The summed E-state index contributed by atoms with van der Waals surface area (Å²) >= 11 is 7.02. The van der Waals surface area contributed by atoms with Gasteiger partial charge in [-0.05, 0) is 0 Å². The van der Waals surface area contributed by atoms with Crippen LogP contribution in [0, 0.1) is 0 Å². The van der Waals surface area contributed by atoms with Crippen LogP contribution in [0.25, 0.3) is 0 Å². The number of halogens is 2. The zero-order chi connectivity index (χ0) is 16.3. The van der Waals surface area contributed by atoms with Crippen LogP contribution in [0.2, 0.25) is 0 Å². The monoisotopic (exact) mass is 502 g/mol. The summed E-state index contributed by atoms with van der Waals surface area (Å²) in [6.45, 7) is 1.12. The Bertz CT molecular complexity index is 585. The van der Waals surface area contributed by atoms with Crippen molar-refractivity contribution in [3.05, 3.63) is 79.6 Å². The van der Waals surface area contributed by atoms with Crippen LogP contribution in [0.4, 0.5) is 0 Å². The van der Waals surface area contributed by atoms with Gasteiger partial charge in [0.2, 0.25) is 0 Å². The van der Waals surface area contributed by atoms with Crippen molar-refractivity contribution in [1.82, 2.24) is 0 Å². The Hall–Kier alpha value is -1.00. The van der Waals surface area contributed by atoms with Crippen LogP contribution >= 0.6 is 31.9 Å². The number of rotatable bonds is 8. The van der Waals surface area contributed by atoms with Gasteiger partial charge in [0.15, 0.2) is 0 Å². The Kier molecular flexibility index (Phi) is 8.54. The summed E-state index contributed by atoms with van der Waals surface area (Å²) in [6.07, 6.45) is 0. The van der Waals surface area contributed by atoms with Crippen molar-refractivity contribution in [1.29, 1.82) is 0 Å². The predicted octanol–water partition coefficient (Wildman–Crippen LogP) is 5.32. The van der Waals surface area contributed by atoms with E-state index in [-0.39, 0.29) is 15.0 Å². The first-order valence-corrected chi connectivity index (χ1v) is 10.5. The third-order valence-corrected chi connectivity index (χ3v) is 7.31. The number of para-hydroxylation sites is 2. The van der Waals surface area contributed by atoms with Gasteiger partial charge in [-0.25, -0.2) is 0 Å². The Morgan fingerprint density at radius 2 is 1.13 bits per heavy atom. The van der Waals surface area contributed by atoms with Gasteiger partial charge in [0.25, 0.3) is 0 Å². The molecule has 23 heavy (non-hydrogen) atoms. The molecule has 0 aliphatic heterocycles. The van der Waals surface area contributed by atoms with Crippen molar-refractivity contribution in [2.45, 2.75) is 0 Å². The van der Waals surface area contributed by atoms with Gasteiger partial charge in [0, 0.05) is 0 Å². The molecule has 0 amide bonds. The molecule has 2 nitrogen and oxygen atoms in total. The number of benzene rings is 2. The molecular weight excluding hydrogens is 487 g/mol. The van der Waals surface area contributed by atoms with E-state index in [4.69, 9.17) is 9.47 Å². The molecule has 0 heterocycles. The molecule has 0 aromatic heterocycles. The van der Waals surface area contributed by atoms with Gasteiger partial charge in [-0.15, -0.1) is 0 Å². The second-order valence-electron chi connectivity index (χ2n) is 4.46. The van der Waals surface area contributed by atoms with Gasteiger partial charge in [-0.1, -0.05) is 0 Å². The van der Waals surface area contributed by atoms with E-state index in [0.717, 1.165) is 11.5 Å². The Morgan fingerprint density at radius 3 is 1.48 bits per heavy atom. The van der Waals surface area contributed by atoms with E-state index in [0.29, 0.717) is 13.2 Å². The molecule has 0 aliphatic rings. The third kappa shape index (κ3) is 6.96. The van der Waals surface area contributed by atoms with Gasteiger partial charge in [-0.3, -0.25) is 0 Å². The van der Waals surface area contributed by atoms with E-state index in [9.17, 15) is 0 Å². The Labute approximate surface area is 160 Å². The van der Waals surface area contributed by atoms with Crippen molar-refractivity contribution >= 4 is 46.8 Å². The van der Waals surface area contributed by atoms with Crippen molar-refractivity contribution in [3.8, 4) is 11.5 Å². The molecule has 2 aromatic carbocycles. The van der Waals surface area contributed by atoms with Gasteiger partial charge < -0.3 is 0 Å². The minimum absolute atomic E-state index is 0.149. The second kappa shape index (κ2) is 10.7. The quantitative estimate of drug-likeness (QED) is 0.455. The Morgan fingerprint density at radius 1 is 0.739 bits per heavy atom. The molecule has 0 unspecified atom stereocenters. The average molecular weight is 503 g/mol. The second-order valence-corrected chi connectivity index (χ2v) is 8.00. The molecular formula is C18H16Br2O2Se. The average Bonchev–Trinajstić information content (AvgIpc) is 2.63. The first-order chi connectivity index (χ1) is 11.3. The molecule has 120 valence electrons. The zero-order valence-electron chi connectivity index (χ0n) is 12.3. The van der Waals surface area contributed by atoms with Crippen LogP contribution in [0.1, 0.15) is 0 Å². The fraction of sp³-hybridized carbons (Fsp3) is 0.111. The molecule has 0 aliphatic carbocycles. The van der Waals surface area contributed by atoms with Crippen molar-refractivity contribution in [3.63, 3.8) is 0 Å². The standard InChI is InChI=1S/C18H16Br2O2Se/c19-11-17(13-21-15-7-3-1-4-8-15)23-18(12-20)14-22-16-9-5-2-6-10-16/h1-12H,13-14H2/b17-11+,18-12+. The van der Waals surface area contributed by atoms with Gasteiger partial charge in [0.05, 0.1) is 0 Å². The molecule has 0 bridgehead atoms. The molecule has 2 aromatic rings. The van der Waals surface area contributed by atoms with E-state index >= 15 is 0 Å². The van der Waals surface area contributed by atoms with Crippen molar-refractivity contribution in [2.75, 3.05) is 13.2 Å². The third-order valence-electron chi connectivity index (χ3n) is 2.75. The van der Waals surface area contributed by atoms with Gasteiger partial charge >= 0.3 is 161 Å². The summed E-state index contributed by atoms with van der Waals surface area (Å²) in [5, 5.41) is 0. The number of hydrogen-bond donors (Lipinski definition) is 0. The summed E-state index contributed by atoms with van der Waals surface area (Å²) < 4.78 is 14.0. The van der Waals surface area contributed by atoms with E-state index in [1.54, 1.807) is 0 Å². The molecule has 0 fully saturated rings. The van der Waals surface area contributed by atoms with E-state index < -0.39 is 0 Å². The zero-order valence-corrected chi connectivity index (χ0v) is 17.2. The fourth-order valence-electron chi connectivity index (χ4n) is 1.68. The fourth-order valence-corrected chi connectivity index (χ4v) is 4.30. The summed E-state index contributed by atoms with van der Waals surface area (Å²) in [5.41, 5.74) is 0. The van der Waals surface area contributed by atoms with E-state index in [1.807, 2.05) is 70.6 Å². The first-order valence-electron chi connectivity index (χ1n) is 6.94. The predicted molar refractivity (Wildman–Crippen MR) is 104 cm³/mol. The molecule has 0 atom stereocenters. The summed E-state index contributed by atoms with van der Waals surface area (Å²) in [6, 6.07) is 19.7. The van der Waals surface area contributed by atoms with Crippen molar-refractivity contribution in [2.24, 2.45) is 0 Å². The van der Waals surface area contributed by atoms with Gasteiger partial charge in [0.1, 0.15) is 0 Å². The molecule has 0 spiro atoms. The maximum absolute atomic E-state index is 5.80. The summed E-state index contributed by atoms with van der Waals surface area (Å²) in [4.78, 5) is 3.88. The molecule has 5 heteroatoms. The van der Waals surface area contributed by atoms with Crippen LogP contribution < -0.4 is 9.47 Å². The van der Waals surface area contributed by atoms with Crippen LogP contribution in [-0.4, -0.2) is 28.2 Å². The van der Waals surface area contributed by atoms with E-state index in [2.05, 4.69) is 31.9 Å². The minimum atomic E-state index is 0.149. The number of hydrogen-bond acceptors (Lipinski definition) is 2. The molecule has 0 saturated heterocycles. The molecule has 0 saturated carbocycles. The topological polar surface area (TPSA) is 18.5 Å². The van der Waals surface area contributed by atoms with E-state index in [1.165, 1.54) is 8.94 Å². The Balaban J connectivity index is 1.84. The van der Waals surface area contributed by atoms with Crippen molar-refractivity contribution < 1.29 is 9.47 Å². The maximum atomic E-state index is 5.80. The molecule has 2 rings (SSSR count). The normalized spacial score (nSPS) is 12.1. The summed E-state index contributed by atoms with van der Waals surface area (Å²) in [7, 11) is 0. The van der Waals surface area contributed by atoms with Crippen LogP contribution in [0.5, 0.6) is 11.5 Å². The number of ether oxygens (including phenoxy) is 2. The SMILES string of the molecule is Br/C=C(\COc1ccccc1)[Se]/C(=C/Br)COc1ccccc1. The van der Waals surface area contributed by atoms with Crippen LogP contribution in [-0.2, 0) is 0 Å². The van der Waals surface area contributed by atoms with Gasteiger partial charge in [-0.2, -0.15) is 0 Å². The van der Waals surface area contributed by atoms with Crippen LogP contribution in [0.15, 0.2) is 79.6 Å². The molecule has 0 radical (unpaired) electrons. The molecule has 0 N–H and O–H groups in total. The van der Waals surface area contributed by atoms with Crippen LogP contribution in [0.3, 0.4) is 0 Å².